The van der Waals surface area contributed by atoms with Gasteiger partial charge >= 0.3 is 0 Å². The molecule has 1 heterocycles. The van der Waals surface area contributed by atoms with Crippen LogP contribution in [0.2, 0.25) is 0 Å². The van der Waals surface area contributed by atoms with Gasteiger partial charge in [-0.15, -0.1) is 0 Å². The van der Waals surface area contributed by atoms with Gasteiger partial charge in [0.15, 0.2) is 5.78 Å². The number of hydrogen-bond acceptors (Lipinski definition) is 7. The quantitative estimate of drug-likeness (QED) is 0.282. The SMILES string of the molecule is CN(C)C1=C(C(=O)c2ccccc2)N(CC(=O)c2ccc([N+](=O)[O-])cc2)S(=O)(=O)c2ccccc21. The van der Waals surface area contributed by atoms with Crippen molar-refractivity contribution in [1.82, 2.24) is 9.21 Å². The second-order valence-corrected chi connectivity index (χ2v) is 9.85. The molecule has 0 aliphatic carbocycles. The van der Waals surface area contributed by atoms with Gasteiger partial charge in [0, 0.05) is 42.9 Å². The molecule has 0 spiro atoms. The maximum Gasteiger partial charge on any atom is 0.269 e. The fraction of sp³-hybridized carbons (Fsp3) is 0.120. The molecule has 3 aromatic carbocycles. The van der Waals surface area contributed by atoms with E-state index in [0.29, 0.717) is 11.3 Å². The summed E-state index contributed by atoms with van der Waals surface area (Å²) in [4.78, 5) is 38.8. The maximum absolute atomic E-state index is 13.7. The van der Waals surface area contributed by atoms with E-state index in [2.05, 4.69) is 0 Å². The molecular weight excluding hydrogens is 470 g/mol. The minimum Gasteiger partial charge on any atom is -0.375 e. The highest BCUT2D eigenvalue weighted by molar-refractivity contribution is 7.89. The Morgan fingerprint density at radius 3 is 2.09 bits per heavy atom. The van der Waals surface area contributed by atoms with Gasteiger partial charge in [-0.25, -0.2) is 8.42 Å². The van der Waals surface area contributed by atoms with Crippen LogP contribution >= 0.6 is 0 Å². The third kappa shape index (κ3) is 4.31. The summed E-state index contributed by atoms with van der Waals surface area (Å²) in [7, 11) is -0.891. The Hall–Kier alpha value is -4.31. The van der Waals surface area contributed by atoms with E-state index in [-0.39, 0.29) is 27.4 Å². The zero-order chi connectivity index (χ0) is 25.3. The van der Waals surface area contributed by atoms with Gasteiger partial charge in [-0.1, -0.05) is 48.5 Å². The third-order valence-electron chi connectivity index (χ3n) is 5.57. The van der Waals surface area contributed by atoms with E-state index >= 15 is 0 Å². The largest absolute Gasteiger partial charge is 0.375 e. The molecule has 1 aliphatic heterocycles. The molecule has 4 rings (SSSR count). The zero-order valence-corrected chi connectivity index (χ0v) is 19.7. The van der Waals surface area contributed by atoms with Gasteiger partial charge in [-0.05, 0) is 18.2 Å². The standard InChI is InChI=1S/C25H21N3O6S/c1-26(2)23-20-10-6-7-11-22(20)35(33,34)27(24(23)25(30)18-8-4-3-5-9-18)16-21(29)17-12-14-19(15-13-17)28(31)32/h3-15H,16H2,1-2H3. The van der Waals surface area contributed by atoms with Crippen LogP contribution < -0.4 is 0 Å². The van der Waals surface area contributed by atoms with Gasteiger partial charge in [-0.3, -0.25) is 24.0 Å². The molecule has 1 aliphatic rings. The summed E-state index contributed by atoms with van der Waals surface area (Å²) in [5, 5.41) is 10.9. The number of nitrogens with zero attached hydrogens (tertiary/aromatic N) is 3. The molecule has 0 atom stereocenters. The van der Waals surface area contributed by atoms with E-state index in [4.69, 9.17) is 0 Å². The summed E-state index contributed by atoms with van der Waals surface area (Å²) in [6.45, 7) is -0.653. The molecule has 0 amide bonds. The van der Waals surface area contributed by atoms with Crippen molar-refractivity contribution in [2.24, 2.45) is 0 Å². The minimum atomic E-state index is -4.28. The van der Waals surface area contributed by atoms with Gasteiger partial charge < -0.3 is 4.90 Å². The Bertz CT molecular complexity index is 1460. The first-order valence-corrected chi connectivity index (χ1v) is 12.0. The van der Waals surface area contributed by atoms with Crippen LogP contribution in [0.4, 0.5) is 5.69 Å². The number of non-ortho nitro benzene ring substituents is 1. The highest BCUT2D eigenvalue weighted by Gasteiger charge is 2.41. The summed E-state index contributed by atoms with van der Waals surface area (Å²) in [5.41, 5.74) is 0.731. The van der Waals surface area contributed by atoms with Gasteiger partial charge in [0.05, 0.1) is 22.1 Å². The molecule has 3 aromatic rings. The van der Waals surface area contributed by atoms with Crippen molar-refractivity contribution in [3.05, 3.63) is 111 Å². The Labute approximate surface area is 202 Å². The van der Waals surface area contributed by atoms with Gasteiger partial charge in [0.1, 0.15) is 5.70 Å². The third-order valence-corrected chi connectivity index (χ3v) is 7.37. The Morgan fingerprint density at radius 2 is 1.49 bits per heavy atom. The summed E-state index contributed by atoms with van der Waals surface area (Å²) in [6, 6.07) is 19.4. The zero-order valence-electron chi connectivity index (χ0n) is 18.9. The van der Waals surface area contributed by atoms with E-state index in [0.717, 1.165) is 4.31 Å². The monoisotopic (exact) mass is 491 g/mol. The molecule has 10 heteroatoms. The lowest BCUT2D eigenvalue weighted by atomic mass is 10.0. The lowest BCUT2D eigenvalue weighted by Crippen LogP contribution is -2.42. The number of nitro benzene ring substituents is 1. The van der Waals surface area contributed by atoms with Crippen molar-refractivity contribution in [1.29, 1.82) is 0 Å². The molecule has 9 nitrogen and oxygen atoms in total. The molecule has 0 unspecified atom stereocenters. The van der Waals surface area contributed by atoms with Crippen LogP contribution in [-0.2, 0) is 10.0 Å². The van der Waals surface area contributed by atoms with Crippen molar-refractivity contribution in [2.45, 2.75) is 4.90 Å². The molecule has 0 bridgehead atoms. The molecule has 0 saturated carbocycles. The first-order valence-electron chi connectivity index (χ1n) is 10.5. The summed E-state index contributed by atoms with van der Waals surface area (Å²) >= 11 is 0. The number of benzene rings is 3. The van der Waals surface area contributed by atoms with Crippen molar-refractivity contribution in [3.63, 3.8) is 0 Å². The van der Waals surface area contributed by atoms with Crippen molar-refractivity contribution >= 4 is 33.0 Å². The van der Waals surface area contributed by atoms with E-state index < -0.39 is 33.1 Å². The number of carbonyl (C=O) groups excluding carboxylic acids is 2. The topological polar surface area (TPSA) is 118 Å². The molecular formula is C25H21N3O6S. The number of carbonyl (C=O) groups is 2. The summed E-state index contributed by atoms with van der Waals surface area (Å²) in [5.74, 6) is -1.16. The van der Waals surface area contributed by atoms with E-state index in [1.165, 1.54) is 30.3 Å². The number of nitro groups is 1. The average Bonchev–Trinajstić information content (AvgIpc) is 2.85. The second-order valence-electron chi connectivity index (χ2n) is 8.02. The second kappa shape index (κ2) is 9.15. The Balaban J connectivity index is 1.89. The summed E-state index contributed by atoms with van der Waals surface area (Å²) in [6.07, 6.45) is 0. The number of allylic oxidation sites excluding steroid dienone is 1. The predicted molar refractivity (Wildman–Crippen MR) is 129 cm³/mol. The van der Waals surface area contributed by atoms with Crippen LogP contribution in [-0.4, -0.2) is 54.8 Å². The highest BCUT2D eigenvalue weighted by atomic mass is 32.2. The van der Waals surface area contributed by atoms with Gasteiger partial charge in [0.25, 0.3) is 15.7 Å². The number of Topliss-reactive ketones (excluding diaryl/α,β-unsaturated/α-hetero) is 2. The number of ketones is 2. The smallest absolute Gasteiger partial charge is 0.269 e. The molecule has 0 fully saturated rings. The average molecular weight is 492 g/mol. The molecule has 0 radical (unpaired) electrons. The molecule has 178 valence electrons. The van der Waals surface area contributed by atoms with Crippen LogP contribution in [0.25, 0.3) is 5.70 Å². The van der Waals surface area contributed by atoms with Crippen LogP contribution in [0.1, 0.15) is 26.3 Å². The van der Waals surface area contributed by atoms with E-state index in [9.17, 15) is 28.1 Å². The normalized spacial score (nSPS) is 14.3. The number of sulfonamides is 1. The van der Waals surface area contributed by atoms with Gasteiger partial charge in [0.2, 0.25) is 5.78 Å². The fourth-order valence-electron chi connectivity index (χ4n) is 3.93. The lowest BCUT2D eigenvalue weighted by Gasteiger charge is -2.35. The van der Waals surface area contributed by atoms with Crippen LogP contribution in [0.5, 0.6) is 0 Å². The van der Waals surface area contributed by atoms with Crippen LogP contribution in [0.3, 0.4) is 0 Å². The molecule has 35 heavy (non-hydrogen) atoms. The van der Waals surface area contributed by atoms with Crippen molar-refractivity contribution < 1.29 is 22.9 Å². The van der Waals surface area contributed by atoms with Crippen LogP contribution in [0.15, 0.2) is 89.5 Å². The number of fused-ring (bicyclic) bond motifs is 1. The lowest BCUT2D eigenvalue weighted by molar-refractivity contribution is -0.384. The first kappa shape index (κ1) is 23.8. The first-order chi connectivity index (χ1) is 16.6. The predicted octanol–water partition coefficient (Wildman–Crippen LogP) is 3.60. The van der Waals surface area contributed by atoms with E-state index in [1.807, 2.05) is 0 Å². The molecule has 0 saturated heterocycles. The van der Waals surface area contributed by atoms with Crippen LogP contribution in [0, 0.1) is 10.1 Å². The summed E-state index contributed by atoms with van der Waals surface area (Å²) < 4.78 is 28.3. The Morgan fingerprint density at radius 1 is 0.886 bits per heavy atom. The maximum atomic E-state index is 13.7. The highest BCUT2D eigenvalue weighted by Crippen LogP contribution is 2.39. The number of hydrogen-bond donors (Lipinski definition) is 0. The number of rotatable bonds is 7. The molecule has 0 aromatic heterocycles. The van der Waals surface area contributed by atoms with E-state index in [1.54, 1.807) is 67.5 Å². The van der Waals surface area contributed by atoms with Gasteiger partial charge in [-0.2, -0.15) is 0 Å². The fourth-order valence-corrected chi connectivity index (χ4v) is 5.55. The Kier molecular flexibility index (Phi) is 6.23. The van der Waals surface area contributed by atoms with Crippen molar-refractivity contribution in [2.75, 3.05) is 20.6 Å². The minimum absolute atomic E-state index is 0.0233. The molecule has 0 N–H and O–H groups in total. The van der Waals surface area contributed by atoms with Crippen molar-refractivity contribution in [3.8, 4) is 0 Å².